The van der Waals surface area contributed by atoms with Crippen LogP contribution in [0.2, 0.25) is 5.15 Å². The van der Waals surface area contributed by atoms with Crippen LogP contribution in [0.1, 0.15) is 37.3 Å². The number of nitrogens with one attached hydrogen (secondary N) is 1. The Balaban J connectivity index is 2.07. The summed E-state index contributed by atoms with van der Waals surface area (Å²) in [5.74, 6) is 1.78. The lowest BCUT2D eigenvalue weighted by Gasteiger charge is -2.12. The maximum absolute atomic E-state index is 6.21. The van der Waals surface area contributed by atoms with Gasteiger partial charge >= 0.3 is 0 Å². The molecule has 0 spiro atoms. The molecule has 0 bridgehead atoms. The van der Waals surface area contributed by atoms with Gasteiger partial charge in [-0.15, -0.1) is 0 Å². The number of rotatable bonds is 2. The first-order valence-electron chi connectivity index (χ1n) is 5.98. The van der Waals surface area contributed by atoms with Crippen molar-refractivity contribution in [1.82, 2.24) is 19.9 Å². The van der Waals surface area contributed by atoms with E-state index in [2.05, 4.69) is 42.5 Å². The summed E-state index contributed by atoms with van der Waals surface area (Å²) in [6, 6.07) is 0. The van der Waals surface area contributed by atoms with E-state index in [1.807, 2.05) is 0 Å². The molecule has 1 N–H and O–H groups in total. The fourth-order valence-corrected chi connectivity index (χ4v) is 3.26. The van der Waals surface area contributed by atoms with Crippen molar-refractivity contribution in [2.45, 2.75) is 31.6 Å². The number of aromatic amines is 1. The molecule has 0 aromatic carbocycles. The highest BCUT2D eigenvalue weighted by molar-refractivity contribution is 14.1. The normalized spacial score (nSPS) is 16.3. The molecule has 1 aliphatic carbocycles. The van der Waals surface area contributed by atoms with Crippen LogP contribution in [0.3, 0.4) is 0 Å². The van der Waals surface area contributed by atoms with E-state index in [0.29, 0.717) is 22.7 Å². The summed E-state index contributed by atoms with van der Waals surface area (Å²) in [4.78, 5) is 16.2. The molecule has 0 unspecified atom stereocenters. The molecule has 2 heterocycles. The van der Waals surface area contributed by atoms with E-state index < -0.39 is 0 Å². The highest BCUT2D eigenvalue weighted by Gasteiger charge is 2.24. The molecule has 1 saturated carbocycles. The standard InChI is InChI=1S/C12H12ClIN4/c13-10-8(14)9(7-3-1-2-4-7)17-12(18-10)11-15-5-6-16-11/h5-7H,1-4H2,(H,15,16). The summed E-state index contributed by atoms with van der Waals surface area (Å²) in [6.07, 6.45) is 8.40. The highest BCUT2D eigenvalue weighted by Crippen LogP contribution is 2.37. The van der Waals surface area contributed by atoms with E-state index in [1.165, 1.54) is 25.7 Å². The molecular formula is C12H12ClIN4. The van der Waals surface area contributed by atoms with Crippen LogP contribution in [0.4, 0.5) is 0 Å². The Bertz CT molecular complexity index is 549. The van der Waals surface area contributed by atoms with E-state index in [1.54, 1.807) is 12.4 Å². The van der Waals surface area contributed by atoms with Gasteiger partial charge in [-0.1, -0.05) is 24.4 Å². The van der Waals surface area contributed by atoms with Crippen molar-refractivity contribution in [1.29, 1.82) is 0 Å². The van der Waals surface area contributed by atoms with E-state index in [-0.39, 0.29) is 0 Å². The number of imidazole rings is 1. The summed E-state index contributed by atoms with van der Waals surface area (Å²) >= 11 is 8.46. The largest absolute Gasteiger partial charge is 0.342 e. The Morgan fingerprint density at radius 1 is 1.28 bits per heavy atom. The molecule has 0 aliphatic heterocycles. The molecule has 1 fully saturated rings. The van der Waals surface area contributed by atoms with Gasteiger partial charge in [-0.05, 0) is 35.4 Å². The van der Waals surface area contributed by atoms with Gasteiger partial charge in [-0.2, -0.15) is 0 Å². The number of hydrogen-bond donors (Lipinski definition) is 1. The van der Waals surface area contributed by atoms with Crippen molar-refractivity contribution >= 4 is 34.2 Å². The number of nitrogens with zero attached hydrogens (tertiary/aromatic N) is 3. The van der Waals surface area contributed by atoms with Gasteiger partial charge < -0.3 is 4.98 Å². The zero-order valence-corrected chi connectivity index (χ0v) is 12.6. The van der Waals surface area contributed by atoms with Gasteiger partial charge in [0.2, 0.25) is 0 Å². The van der Waals surface area contributed by atoms with E-state index in [9.17, 15) is 0 Å². The van der Waals surface area contributed by atoms with Gasteiger partial charge in [0, 0.05) is 18.3 Å². The van der Waals surface area contributed by atoms with Crippen LogP contribution in [-0.4, -0.2) is 19.9 Å². The first-order chi connectivity index (χ1) is 8.75. The smallest absolute Gasteiger partial charge is 0.197 e. The van der Waals surface area contributed by atoms with Gasteiger partial charge in [-0.25, -0.2) is 15.0 Å². The Labute approximate surface area is 124 Å². The third-order valence-electron chi connectivity index (χ3n) is 3.29. The number of H-pyrrole nitrogens is 1. The van der Waals surface area contributed by atoms with Gasteiger partial charge in [0.1, 0.15) is 5.15 Å². The molecule has 0 atom stereocenters. The van der Waals surface area contributed by atoms with Gasteiger partial charge in [0.05, 0.1) is 9.26 Å². The molecule has 3 rings (SSSR count). The highest BCUT2D eigenvalue weighted by atomic mass is 127. The number of aromatic nitrogens is 4. The minimum Gasteiger partial charge on any atom is -0.342 e. The van der Waals surface area contributed by atoms with Crippen molar-refractivity contribution in [3.05, 3.63) is 26.8 Å². The lowest BCUT2D eigenvalue weighted by molar-refractivity contribution is 0.689. The molecule has 0 radical (unpaired) electrons. The monoisotopic (exact) mass is 374 g/mol. The molecule has 1 aliphatic rings. The van der Waals surface area contributed by atoms with Gasteiger partial charge in [0.15, 0.2) is 11.6 Å². The van der Waals surface area contributed by atoms with Crippen LogP contribution < -0.4 is 0 Å². The fourth-order valence-electron chi connectivity index (χ4n) is 2.40. The van der Waals surface area contributed by atoms with Crippen LogP contribution >= 0.6 is 34.2 Å². The third-order valence-corrected chi connectivity index (χ3v) is 4.94. The summed E-state index contributed by atoms with van der Waals surface area (Å²) < 4.78 is 0.983. The zero-order chi connectivity index (χ0) is 12.5. The quantitative estimate of drug-likeness (QED) is 0.643. The van der Waals surface area contributed by atoms with Crippen LogP contribution in [0.25, 0.3) is 11.6 Å². The molecule has 6 heteroatoms. The molecule has 4 nitrogen and oxygen atoms in total. The summed E-state index contributed by atoms with van der Waals surface area (Å²) in [6.45, 7) is 0. The lowest BCUT2D eigenvalue weighted by Crippen LogP contribution is -2.05. The predicted octanol–water partition coefficient (Wildman–Crippen LogP) is 3.78. The third kappa shape index (κ3) is 2.25. The second-order valence-electron chi connectivity index (χ2n) is 4.46. The molecule has 0 amide bonds. The molecule has 18 heavy (non-hydrogen) atoms. The van der Waals surface area contributed by atoms with Crippen molar-refractivity contribution < 1.29 is 0 Å². The molecular weight excluding hydrogens is 363 g/mol. The van der Waals surface area contributed by atoms with Crippen molar-refractivity contribution in [3.63, 3.8) is 0 Å². The number of halogens is 2. The average Bonchev–Trinajstić information content (AvgIpc) is 3.03. The van der Waals surface area contributed by atoms with Gasteiger partial charge in [-0.3, -0.25) is 0 Å². The van der Waals surface area contributed by atoms with E-state index in [4.69, 9.17) is 11.6 Å². The zero-order valence-electron chi connectivity index (χ0n) is 9.66. The minimum atomic E-state index is 0.520. The first-order valence-corrected chi connectivity index (χ1v) is 7.44. The van der Waals surface area contributed by atoms with E-state index >= 15 is 0 Å². The Kier molecular flexibility index (Phi) is 3.52. The van der Waals surface area contributed by atoms with Crippen LogP contribution in [-0.2, 0) is 0 Å². The second kappa shape index (κ2) is 5.13. The topological polar surface area (TPSA) is 54.5 Å². The lowest BCUT2D eigenvalue weighted by atomic mass is 10.0. The Morgan fingerprint density at radius 2 is 2.06 bits per heavy atom. The maximum Gasteiger partial charge on any atom is 0.197 e. The van der Waals surface area contributed by atoms with Crippen molar-refractivity contribution in [3.8, 4) is 11.6 Å². The van der Waals surface area contributed by atoms with Crippen molar-refractivity contribution in [2.75, 3.05) is 0 Å². The Morgan fingerprint density at radius 3 is 2.72 bits per heavy atom. The Hall–Kier alpha value is -0.690. The number of hydrogen-bond acceptors (Lipinski definition) is 3. The van der Waals surface area contributed by atoms with Gasteiger partial charge in [0.25, 0.3) is 0 Å². The maximum atomic E-state index is 6.21. The molecule has 94 valence electrons. The second-order valence-corrected chi connectivity index (χ2v) is 5.89. The van der Waals surface area contributed by atoms with Crippen molar-refractivity contribution in [2.24, 2.45) is 0 Å². The van der Waals surface area contributed by atoms with E-state index in [0.717, 1.165) is 9.26 Å². The summed E-state index contributed by atoms with van der Waals surface area (Å²) in [7, 11) is 0. The average molecular weight is 375 g/mol. The predicted molar refractivity (Wildman–Crippen MR) is 78.5 cm³/mol. The summed E-state index contributed by atoms with van der Waals surface area (Å²) in [5.41, 5.74) is 1.08. The van der Waals surface area contributed by atoms with Crippen LogP contribution in [0, 0.1) is 3.57 Å². The SMILES string of the molecule is Clc1nc(-c2ncc[nH]2)nc(C2CCCC2)c1I. The molecule has 2 aromatic heterocycles. The van der Waals surface area contributed by atoms with Crippen LogP contribution in [0.15, 0.2) is 12.4 Å². The molecule has 2 aromatic rings. The minimum absolute atomic E-state index is 0.520. The summed E-state index contributed by atoms with van der Waals surface area (Å²) in [5, 5.41) is 0.527. The first kappa shape index (κ1) is 12.3. The molecule has 0 saturated heterocycles. The van der Waals surface area contributed by atoms with Crippen LogP contribution in [0.5, 0.6) is 0 Å². The fraction of sp³-hybridized carbons (Fsp3) is 0.417.